The summed E-state index contributed by atoms with van der Waals surface area (Å²) in [6.45, 7) is -2.17. The van der Waals surface area contributed by atoms with Crippen LogP contribution in [0.5, 0.6) is 0 Å². The normalized spacial score (nSPS) is 34.7. The lowest BCUT2D eigenvalue weighted by Crippen LogP contribution is -2.64. The third-order valence-electron chi connectivity index (χ3n) is 4.72. The van der Waals surface area contributed by atoms with Crippen LogP contribution in [0.2, 0.25) is 0 Å². The van der Waals surface area contributed by atoms with Crippen molar-refractivity contribution in [2.75, 3.05) is 13.2 Å². The Balaban J connectivity index is 2.60. The second-order valence-corrected chi connectivity index (χ2v) is 11.7. The SMILES string of the molecule is O=C(O)C1OC(OC2C(COS(=O)(=O)O)OC(CO)C2O)C(OS(=O)(=O)O)C(OS(=O)(=O)O)C1OS(=O)(=O)O. The first-order valence-corrected chi connectivity index (χ1v) is 15.0. The maximum atomic E-state index is 11.7. The van der Waals surface area contributed by atoms with E-state index in [4.69, 9.17) is 32.4 Å². The van der Waals surface area contributed by atoms with Crippen LogP contribution in [0.3, 0.4) is 0 Å². The van der Waals surface area contributed by atoms with Crippen molar-refractivity contribution in [1.29, 1.82) is 0 Å². The minimum Gasteiger partial charge on any atom is -0.479 e. The second-order valence-electron chi connectivity index (χ2n) is 7.43. The summed E-state index contributed by atoms with van der Waals surface area (Å²) in [6.07, 6.45) is -21.7. The third-order valence-corrected chi connectivity index (χ3v) is 6.55. The Kier molecular flexibility index (Phi) is 10.7. The van der Waals surface area contributed by atoms with E-state index in [2.05, 4.69) is 16.7 Å². The van der Waals surface area contributed by atoms with E-state index < -0.39 is 116 Å². The van der Waals surface area contributed by atoms with E-state index in [1.54, 1.807) is 0 Å². The molecule has 2 rings (SSSR count). The molecule has 230 valence electrons. The van der Waals surface area contributed by atoms with Crippen LogP contribution in [0, 0.1) is 0 Å². The smallest absolute Gasteiger partial charge is 0.397 e. The van der Waals surface area contributed by atoms with Crippen LogP contribution in [0.15, 0.2) is 0 Å². The first kappa shape index (κ1) is 34.0. The monoisotopic (exact) mass is 660 g/mol. The number of hydrogen-bond acceptors (Lipinski definition) is 18. The van der Waals surface area contributed by atoms with Crippen molar-refractivity contribution < 1.29 is 103 Å². The summed E-state index contributed by atoms with van der Waals surface area (Å²) in [5.74, 6) is -2.23. The number of hydrogen-bond donors (Lipinski definition) is 7. The zero-order valence-corrected chi connectivity index (χ0v) is 21.7. The number of aliphatic carboxylic acids is 1. The molecule has 0 bridgehead atoms. The van der Waals surface area contributed by atoms with Gasteiger partial charge in [-0.3, -0.25) is 18.2 Å². The van der Waals surface area contributed by atoms with Crippen molar-refractivity contribution in [3.63, 3.8) is 0 Å². The largest absolute Gasteiger partial charge is 0.479 e. The van der Waals surface area contributed by atoms with Crippen molar-refractivity contribution in [1.82, 2.24) is 0 Å². The second kappa shape index (κ2) is 12.3. The van der Waals surface area contributed by atoms with Crippen LogP contribution in [0.1, 0.15) is 0 Å². The summed E-state index contributed by atoms with van der Waals surface area (Å²) in [5.41, 5.74) is 0. The fourth-order valence-electron chi connectivity index (χ4n) is 3.43. The highest BCUT2D eigenvalue weighted by Gasteiger charge is 2.58. The van der Waals surface area contributed by atoms with Crippen molar-refractivity contribution in [3.05, 3.63) is 0 Å². The Labute approximate surface area is 218 Å². The molecule has 27 heteroatoms. The van der Waals surface area contributed by atoms with Gasteiger partial charge in [-0.05, 0) is 0 Å². The maximum Gasteiger partial charge on any atom is 0.397 e. The fraction of sp³-hybridized carbons (Fsp3) is 0.917. The van der Waals surface area contributed by atoms with Gasteiger partial charge >= 0.3 is 47.6 Å². The first-order chi connectivity index (χ1) is 17.5. The minimum absolute atomic E-state index is 0.990. The molecule has 9 unspecified atom stereocenters. The molecule has 2 heterocycles. The molecule has 23 nitrogen and oxygen atoms in total. The molecule has 0 radical (unpaired) electrons. The number of rotatable bonds is 13. The molecule has 0 aliphatic carbocycles. The zero-order valence-electron chi connectivity index (χ0n) is 18.4. The molecule has 2 aliphatic heterocycles. The van der Waals surface area contributed by atoms with E-state index in [0.717, 1.165) is 0 Å². The average Bonchev–Trinajstić information content (AvgIpc) is 3.01. The van der Waals surface area contributed by atoms with E-state index >= 15 is 0 Å². The van der Waals surface area contributed by atoms with Crippen LogP contribution in [0.4, 0.5) is 0 Å². The fourth-order valence-corrected chi connectivity index (χ4v) is 5.21. The molecule has 2 fully saturated rings. The van der Waals surface area contributed by atoms with Gasteiger partial charge in [0, 0.05) is 0 Å². The minimum atomic E-state index is -5.80. The van der Waals surface area contributed by atoms with Crippen LogP contribution < -0.4 is 0 Å². The molecule has 0 aromatic carbocycles. The van der Waals surface area contributed by atoms with Gasteiger partial charge in [0.15, 0.2) is 18.5 Å². The van der Waals surface area contributed by atoms with Crippen LogP contribution in [-0.4, -0.2) is 142 Å². The van der Waals surface area contributed by atoms with E-state index in [0.29, 0.717) is 0 Å². The maximum absolute atomic E-state index is 11.7. The van der Waals surface area contributed by atoms with Gasteiger partial charge in [-0.25, -0.2) is 21.5 Å². The van der Waals surface area contributed by atoms with E-state index in [-0.39, 0.29) is 0 Å². The molecule has 0 amide bonds. The van der Waals surface area contributed by atoms with E-state index in [1.165, 1.54) is 0 Å². The molecular weight excluding hydrogens is 640 g/mol. The highest BCUT2D eigenvalue weighted by Crippen LogP contribution is 2.35. The Bertz CT molecular complexity index is 1300. The van der Waals surface area contributed by atoms with Gasteiger partial charge in [-0.1, -0.05) is 0 Å². The Morgan fingerprint density at radius 2 is 1.18 bits per heavy atom. The van der Waals surface area contributed by atoms with Gasteiger partial charge < -0.3 is 29.5 Å². The molecular formula is C12H20O23S4. The third kappa shape index (κ3) is 10.3. The van der Waals surface area contributed by atoms with Gasteiger partial charge in [0.1, 0.15) is 36.6 Å². The molecule has 0 aromatic rings. The van der Waals surface area contributed by atoms with Crippen molar-refractivity contribution in [2.24, 2.45) is 0 Å². The van der Waals surface area contributed by atoms with Gasteiger partial charge in [-0.15, -0.1) is 0 Å². The topological polar surface area (TPSA) is 360 Å². The van der Waals surface area contributed by atoms with Crippen molar-refractivity contribution in [2.45, 2.75) is 55.1 Å². The van der Waals surface area contributed by atoms with E-state index in [1.807, 2.05) is 0 Å². The molecule has 0 saturated carbocycles. The summed E-state index contributed by atoms with van der Waals surface area (Å²) < 4.78 is 157. The highest BCUT2D eigenvalue weighted by molar-refractivity contribution is 7.81. The standard InChI is InChI=1S/C12H20O23S4/c13-1-3-5(14)6(4(30-3)2-29-36(17,18)19)31-12-10(35-39(26,27)28)8(34-38(23,24)25)7(33-37(20,21)22)9(32-12)11(15)16/h3-10,12-14H,1-2H2,(H,15,16)(H,17,18,19)(H,20,21,22)(H,23,24,25)(H,26,27,28). The van der Waals surface area contributed by atoms with Crippen LogP contribution in [0.25, 0.3) is 0 Å². The molecule has 2 aliphatic rings. The number of carbonyl (C=O) groups is 1. The number of ether oxygens (including phenoxy) is 3. The average molecular weight is 661 g/mol. The summed E-state index contributed by atoms with van der Waals surface area (Å²) in [4.78, 5) is 11.7. The van der Waals surface area contributed by atoms with Crippen molar-refractivity contribution in [3.8, 4) is 0 Å². The number of carboxylic acids is 1. The van der Waals surface area contributed by atoms with Gasteiger partial charge in [-0.2, -0.15) is 33.7 Å². The summed E-state index contributed by atoms with van der Waals surface area (Å²) in [5, 5.41) is 29.1. The lowest BCUT2D eigenvalue weighted by molar-refractivity contribution is -0.300. The first-order valence-electron chi connectivity index (χ1n) is 9.58. The summed E-state index contributed by atoms with van der Waals surface area (Å²) in [7, 11) is -22.4. The zero-order chi connectivity index (χ0) is 30.1. The lowest BCUT2D eigenvalue weighted by Gasteiger charge is -2.43. The Morgan fingerprint density at radius 3 is 1.62 bits per heavy atom. The van der Waals surface area contributed by atoms with Gasteiger partial charge in [0.05, 0.1) is 13.2 Å². The Hall–Kier alpha value is -1.25. The predicted molar refractivity (Wildman–Crippen MR) is 110 cm³/mol. The number of carboxylic acid groups (broad SMARTS) is 1. The summed E-state index contributed by atoms with van der Waals surface area (Å²) >= 11 is 0. The molecule has 0 aromatic heterocycles. The molecule has 0 spiro atoms. The highest BCUT2D eigenvalue weighted by atomic mass is 32.3. The predicted octanol–water partition coefficient (Wildman–Crippen LogP) is -5.31. The molecule has 2 saturated heterocycles. The van der Waals surface area contributed by atoms with Crippen LogP contribution >= 0.6 is 0 Å². The molecule has 9 atom stereocenters. The molecule has 39 heavy (non-hydrogen) atoms. The van der Waals surface area contributed by atoms with Gasteiger partial charge in [0.25, 0.3) is 0 Å². The Morgan fingerprint density at radius 1 is 0.692 bits per heavy atom. The summed E-state index contributed by atoms with van der Waals surface area (Å²) in [6, 6.07) is 0. The van der Waals surface area contributed by atoms with Crippen LogP contribution in [-0.2, 0) is 77.3 Å². The number of aliphatic hydroxyl groups excluding tert-OH is 2. The number of aliphatic hydroxyl groups is 2. The lowest BCUT2D eigenvalue weighted by atomic mass is 9.98. The van der Waals surface area contributed by atoms with Gasteiger partial charge in [0.2, 0.25) is 0 Å². The quantitative estimate of drug-likeness (QED) is 0.0906. The van der Waals surface area contributed by atoms with Crippen molar-refractivity contribution >= 4 is 47.6 Å². The van der Waals surface area contributed by atoms with E-state index in [9.17, 15) is 53.8 Å². The molecule has 7 N–H and O–H groups in total.